The zero-order valence-electron chi connectivity index (χ0n) is 9.90. The summed E-state index contributed by atoms with van der Waals surface area (Å²) in [5, 5.41) is 3.51. The summed E-state index contributed by atoms with van der Waals surface area (Å²) in [6.45, 7) is 7.58. The molecule has 3 heteroatoms. The van der Waals surface area contributed by atoms with Crippen LogP contribution in [0.3, 0.4) is 0 Å². The maximum atomic E-state index is 4.34. The Hall–Kier alpha value is -0.960. The van der Waals surface area contributed by atoms with Crippen LogP contribution >= 0.6 is 0 Å². The van der Waals surface area contributed by atoms with Crippen LogP contribution in [-0.2, 0) is 0 Å². The monoisotopic (exact) mass is 207 g/mol. The number of nitrogens with zero attached hydrogens (tertiary/aromatic N) is 2. The first-order chi connectivity index (χ1) is 7.33. The Morgan fingerprint density at radius 3 is 2.47 bits per heavy atom. The maximum absolute atomic E-state index is 4.34. The van der Waals surface area contributed by atoms with Crippen LogP contribution in [0.2, 0.25) is 0 Å². The van der Waals surface area contributed by atoms with Gasteiger partial charge in [-0.2, -0.15) is 0 Å². The van der Waals surface area contributed by atoms with Gasteiger partial charge in [0, 0.05) is 6.20 Å². The van der Waals surface area contributed by atoms with Crippen molar-refractivity contribution < 1.29 is 0 Å². The molecule has 0 amide bonds. The van der Waals surface area contributed by atoms with E-state index < -0.39 is 0 Å². The first kappa shape index (κ1) is 12.1. The van der Waals surface area contributed by atoms with Crippen molar-refractivity contribution in [2.24, 2.45) is 5.92 Å². The van der Waals surface area contributed by atoms with Crippen LogP contribution in [0.15, 0.2) is 18.6 Å². The quantitative estimate of drug-likeness (QED) is 0.779. The van der Waals surface area contributed by atoms with Crippen molar-refractivity contribution in [2.75, 3.05) is 6.54 Å². The Balaban J connectivity index is 2.81. The number of hydrogen-bond acceptors (Lipinski definition) is 3. The number of hydrogen-bond donors (Lipinski definition) is 1. The third kappa shape index (κ3) is 3.27. The summed E-state index contributed by atoms with van der Waals surface area (Å²) >= 11 is 0. The van der Waals surface area contributed by atoms with Crippen LogP contribution in [0.5, 0.6) is 0 Å². The zero-order valence-corrected chi connectivity index (χ0v) is 9.90. The van der Waals surface area contributed by atoms with Crippen molar-refractivity contribution in [1.29, 1.82) is 0 Å². The highest BCUT2D eigenvalue weighted by atomic mass is 15.0. The molecule has 1 aromatic rings. The smallest absolute Gasteiger partial charge is 0.115 e. The molecular formula is C12H21N3. The molecule has 1 rings (SSSR count). The van der Waals surface area contributed by atoms with E-state index >= 15 is 0 Å². The molecule has 0 aliphatic rings. The lowest BCUT2D eigenvalue weighted by Crippen LogP contribution is -2.28. The van der Waals surface area contributed by atoms with E-state index in [1.54, 1.807) is 6.33 Å². The van der Waals surface area contributed by atoms with Gasteiger partial charge in [-0.1, -0.05) is 33.6 Å². The van der Waals surface area contributed by atoms with Crippen LogP contribution in [0.1, 0.15) is 45.3 Å². The highest BCUT2D eigenvalue weighted by Gasteiger charge is 2.20. The molecule has 15 heavy (non-hydrogen) atoms. The second kappa shape index (κ2) is 6.51. The summed E-state index contributed by atoms with van der Waals surface area (Å²) < 4.78 is 0. The predicted octanol–water partition coefficient (Wildman–Crippen LogP) is 2.56. The summed E-state index contributed by atoms with van der Waals surface area (Å²) in [7, 11) is 0. The fourth-order valence-electron chi connectivity index (χ4n) is 1.98. The number of nitrogens with one attached hydrogen (secondary N) is 1. The summed E-state index contributed by atoms with van der Waals surface area (Å²) in [4.78, 5) is 8.30. The van der Waals surface area contributed by atoms with E-state index in [2.05, 4.69) is 36.1 Å². The Morgan fingerprint density at radius 2 is 2.00 bits per heavy atom. The van der Waals surface area contributed by atoms with Crippen molar-refractivity contribution >= 4 is 0 Å². The summed E-state index contributed by atoms with van der Waals surface area (Å²) in [6.07, 6.45) is 5.80. The Bertz CT molecular complexity index is 257. The minimum absolute atomic E-state index is 0.369. The van der Waals surface area contributed by atoms with Crippen LogP contribution in [0, 0.1) is 5.92 Å². The van der Waals surface area contributed by atoms with Gasteiger partial charge in [0.25, 0.3) is 0 Å². The molecule has 0 radical (unpaired) electrons. The Kier molecular flexibility index (Phi) is 5.26. The van der Waals surface area contributed by atoms with Crippen LogP contribution < -0.4 is 5.32 Å². The third-order valence-electron chi connectivity index (χ3n) is 2.87. The molecular weight excluding hydrogens is 186 g/mol. The van der Waals surface area contributed by atoms with Crippen LogP contribution in [0.4, 0.5) is 0 Å². The van der Waals surface area contributed by atoms with Crippen molar-refractivity contribution in [3.63, 3.8) is 0 Å². The lowest BCUT2D eigenvalue weighted by molar-refractivity contribution is 0.340. The molecule has 0 aromatic carbocycles. The molecule has 0 fully saturated rings. The zero-order chi connectivity index (χ0) is 11.1. The van der Waals surface area contributed by atoms with Gasteiger partial charge in [0.2, 0.25) is 0 Å². The summed E-state index contributed by atoms with van der Waals surface area (Å²) in [6, 6.07) is 2.37. The van der Waals surface area contributed by atoms with Crippen molar-refractivity contribution in [3.05, 3.63) is 24.3 Å². The summed E-state index contributed by atoms with van der Waals surface area (Å²) in [5.41, 5.74) is 1.11. The molecule has 0 bridgehead atoms. The van der Waals surface area contributed by atoms with E-state index in [1.165, 1.54) is 12.8 Å². The fourth-order valence-corrected chi connectivity index (χ4v) is 1.98. The van der Waals surface area contributed by atoms with Gasteiger partial charge in [0.05, 0.1) is 11.7 Å². The molecule has 3 nitrogen and oxygen atoms in total. The summed E-state index contributed by atoms with van der Waals surface area (Å²) in [5.74, 6) is 0.653. The maximum Gasteiger partial charge on any atom is 0.115 e. The van der Waals surface area contributed by atoms with Gasteiger partial charge < -0.3 is 5.32 Å². The molecule has 0 saturated heterocycles. The Labute approximate surface area is 92.3 Å². The molecule has 1 aromatic heterocycles. The second-order valence-corrected chi connectivity index (χ2v) is 3.75. The van der Waals surface area contributed by atoms with Crippen molar-refractivity contribution in [2.45, 2.75) is 39.7 Å². The van der Waals surface area contributed by atoms with E-state index in [0.29, 0.717) is 12.0 Å². The Morgan fingerprint density at radius 1 is 1.27 bits per heavy atom. The molecule has 1 N–H and O–H groups in total. The topological polar surface area (TPSA) is 37.8 Å². The minimum Gasteiger partial charge on any atom is -0.309 e. The van der Waals surface area contributed by atoms with Gasteiger partial charge in [-0.05, 0) is 18.5 Å². The van der Waals surface area contributed by atoms with Crippen molar-refractivity contribution in [1.82, 2.24) is 15.3 Å². The molecule has 0 spiro atoms. The van der Waals surface area contributed by atoms with Gasteiger partial charge in [-0.25, -0.2) is 9.97 Å². The second-order valence-electron chi connectivity index (χ2n) is 3.75. The van der Waals surface area contributed by atoms with E-state index in [4.69, 9.17) is 0 Å². The normalized spacial score (nSPS) is 13.1. The lowest BCUT2D eigenvalue weighted by atomic mass is 9.91. The standard InChI is InChI=1S/C12H21N3/c1-4-10(5-2)12(14-6-3)11-7-8-13-9-15-11/h7-10,12,14H,4-6H2,1-3H3. The van der Waals surface area contributed by atoms with E-state index in [1.807, 2.05) is 12.3 Å². The first-order valence-corrected chi connectivity index (χ1v) is 5.82. The van der Waals surface area contributed by atoms with Crippen LogP contribution in [0.25, 0.3) is 0 Å². The van der Waals surface area contributed by atoms with Gasteiger partial charge in [-0.3, -0.25) is 0 Å². The molecule has 0 saturated carbocycles. The average molecular weight is 207 g/mol. The highest BCUT2D eigenvalue weighted by molar-refractivity contribution is 5.06. The van der Waals surface area contributed by atoms with E-state index in [9.17, 15) is 0 Å². The minimum atomic E-state index is 0.369. The average Bonchev–Trinajstić information content (AvgIpc) is 2.30. The number of aromatic nitrogens is 2. The molecule has 0 aliphatic carbocycles. The van der Waals surface area contributed by atoms with Crippen LogP contribution in [-0.4, -0.2) is 16.5 Å². The van der Waals surface area contributed by atoms with Gasteiger partial charge >= 0.3 is 0 Å². The molecule has 1 unspecified atom stereocenters. The highest BCUT2D eigenvalue weighted by Crippen LogP contribution is 2.25. The molecule has 0 aliphatic heterocycles. The van der Waals surface area contributed by atoms with Crippen molar-refractivity contribution in [3.8, 4) is 0 Å². The lowest BCUT2D eigenvalue weighted by Gasteiger charge is -2.25. The van der Waals surface area contributed by atoms with E-state index in [-0.39, 0.29) is 0 Å². The fraction of sp³-hybridized carbons (Fsp3) is 0.667. The third-order valence-corrected chi connectivity index (χ3v) is 2.87. The number of rotatable bonds is 6. The van der Waals surface area contributed by atoms with E-state index in [0.717, 1.165) is 12.2 Å². The molecule has 1 atom stereocenters. The SMILES string of the molecule is CCNC(c1ccncn1)C(CC)CC. The van der Waals surface area contributed by atoms with Gasteiger partial charge in [-0.15, -0.1) is 0 Å². The molecule has 84 valence electrons. The molecule has 1 heterocycles. The largest absolute Gasteiger partial charge is 0.309 e. The predicted molar refractivity (Wildman–Crippen MR) is 62.5 cm³/mol. The first-order valence-electron chi connectivity index (χ1n) is 5.82. The van der Waals surface area contributed by atoms with Gasteiger partial charge in [0.15, 0.2) is 0 Å². The van der Waals surface area contributed by atoms with Gasteiger partial charge in [0.1, 0.15) is 6.33 Å².